The number of hydrogen-bond donors (Lipinski definition) is 39. The Morgan fingerprint density at radius 3 is 0.616 bits per heavy atom. The van der Waals surface area contributed by atoms with Gasteiger partial charge in [-0.05, 0) is 122 Å². The van der Waals surface area contributed by atoms with Crippen LogP contribution in [0.5, 0.6) is 0 Å². The van der Waals surface area contributed by atoms with Crippen LogP contribution in [0.15, 0.2) is 0 Å². The van der Waals surface area contributed by atoms with Crippen LogP contribution in [0.1, 0.15) is 122 Å². The van der Waals surface area contributed by atoms with E-state index in [1.807, 2.05) is 0 Å². The molecular formula is C61H121N39O12. The largest absolute Gasteiger partial charge is 0.370 e. The van der Waals surface area contributed by atoms with Crippen molar-refractivity contribution in [2.45, 2.75) is 176 Å². The van der Waals surface area contributed by atoms with Gasteiger partial charge in [0.05, 0.1) is 12.6 Å². The van der Waals surface area contributed by atoms with Crippen molar-refractivity contribution in [1.29, 1.82) is 48.7 Å². The van der Waals surface area contributed by atoms with Gasteiger partial charge in [-0.1, -0.05) is 0 Å². The third-order valence-corrected chi connectivity index (χ3v) is 15.8. The predicted molar refractivity (Wildman–Crippen MR) is 415 cm³/mol. The highest BCUT2D eigenvalue weighted by molar-refractivity contribution is 6.23. The summed E-state index contributed by atoms with van der Waals surface area (Å²) in [5.41, 5.74) is 55.7. The molecule has 0 radical (unpaired) electrons. The Labute approximate surface area is 647 Å². The summed E-state index contributed by atoms with van der Waals surface area (Å²) in [5, 5.41) is 120. The maximum absolute atomic E-state index is 14.9. The number of nitrogens with one attached hydrogen (secondary N) is 29. The Morgan fingerprint density at radius 2 is 0.411 bits per heavy atom. The summed E-state index contributed by atoms with van der Waals surface area (Å²) < 4.78 is 0. The summed E-state index contributed by atoms with van der Waals surface area (Å²) in [6.07, 6.45) is -0.571. The van der Waals surface area contributed by atoms with Crippen LogP contribution >= 0.6 is 0 Å². The third-order valence-electron chi connectivity index (χ3n) is 15.8. The Balaban J connectivity index is 7.79. The molecule has 0 aromatic heterocycles. The van der Waals surface area contributed by atoms with Gasteiger partial charge in [-0.3, -0.25) is 106 Å². The molecule has 9 atom stereocenters. The van der Waals surface area contributed by atoms with Crippen molar-refractivity contribution in [3.05, 3.63) is 0 Å². The molecule has 0 heterocycles. The summed E-state index contributed by atoms with van der Waals surface area (Å²) in [5.74, 6) is -13.8. The van der Waals surface area contributed by atoms with E-state index in [0.29, 0.717) is 6.42 Å². The first kappa shape index (κ1) is 99.2. The number of guanidine groups is 9. The van der Waals surface area contributed by atoms with E-state index in [-0.39, 0.29) is 206 Å². The van der Waals surface area contributed by atoms with E-state index in [2.05, 4.69) is 106 Å². The topological polar surface area (TPSA) is 920 Å². The number of rotatable bonds is 60. The molecule has 632 valence electrons. The van der Waals surface area contributed by atoms with Crippen LogP contribution in [0.25, 0.3) is 0 Å². The molecule has 51 nitrogen and oxygen atoms in total. The number of carbonyl (C=O) groups is 12. The van der Waals surface area contributed by atoms with Crippen LogP contribution in [-0.4, -0.2) is 258 Å². The summed E-state index contributed by atoms with van der Waals surface area (Å²) in [7, 11) is 0. The quantitative estimate of drug-likeness (QED) is 0.00884. The molecule has 0 aromatic rings. The minimum Gasteiger partial charge on any atom is -0.370 e. The van der Waals surface area contributed by atoms with Crippen molar-refractivity contribution in [1.82, 2.24) is 106 Å². The van der Waals surface area contributed by atoms with E-state index in [9.17, 15) is 57.5 Å². The highest BCUT2D eigenvalue weighted by Crippen LogP contribution is 2.11. The SMILES string of the molecule is N=C(N)NCCC[C@H](NC(=O)[C@H](CCCNC(=N)N)NC(=O)[C@H](CCCNC(=N)N)NC(=O)[C@H](CCCNC(=N)N)NC(=O)[C@H](CCCNC(=N)N)NC(=O)[C@H](CCCNC(=N)N)NC(=O)[C@H](CCCNC(=N)N)NC(=O)[C@H](CCCNC(=N)N)NC(=O)[C@@H](N)CCCNC(=N)N)C(=O)NCC(=O)NCCCNC(=O)C=O. The molecule has 0 aliphatic heterocycles. The molecule has 0 spiro atoms. The van der Waals surface area contributed by atoms with Crippen LogP contribution in [0.3, 0.4) is 0 Å². The number of amides is 11. The second-order valence-electron chi connectivity index (χ2n) is 25.3. The summed E-state index contributed by atoms with van der Waals surface area (Å²) in [4.78, 5) is 165. The minimum atomic E-state index is -1.62. The molecule has 0 saturated heterocycles. The zero-order chi connectivity index (χ0) is 84.5. The first-order chi connectivity index (χ1) is 52.9. The summed E-state index contributed by atoms with van der Waals surface area (Å²) in [6.45, 7) is -0.326. The Kier molecular flexibility index (Phi) is 51.6. The third kappa shape index (κ3) is 50.7. The van der Waals surface area contributed by atoms with Crippen LogP contribution in [0.2, 0.25) is 0 Å². The van der Waals surface area contributed by atoms with Crippen LogP contribution < -0.4 is 164 Å². The van der Waals surface area contributed by atoms with Gasteiger partial charge in [0.1, 0.15) is 48.3 Å². The second kappa shape index (κ2) is 58.3. The first-order valence-electron chi connectivity index (χ1n) is 36.1. The average Bonchev–Trinajstić information content (AvgIpc) is 0.853. The average molecular weight is 1590 g/mol. The zero-order valence-electron chi connectivity index (χ0n) is 62.9. The maximum atomic E-state index is 14.9. The number of nitrogens with two attached hydrogens (primary N) is 10. The molecule has 0 rings (SSSR count). The summed E-state index contributed by atoms with van der Waals surface area (Å²) in [6, 6.07) is -13.4. The van der Waals surface area contributed by atoms with E-state index in [4.69, 9.17) is 106 Å². The highest BCUT2D eigenvalue weighted by Gasteiger charge is 2.36. The van der Waals surface area contributed by atoms with Gasteiger partial charge in [-0.25, -0.2) is 0 Å². The fourth-order valence-corrected chi connectivity index (χ4v) is 10.2. The van der Waals surface area contributed by atoms with E-state index >= 15 is 0 Å². The molecule has 0 aliphatic carbocycles. The molecule has 0 fully saturated rings. The number of aldehydes is 1. The second-order valence-corrected chi connectivity index (χ2v) is 25.3. The molecule has 112 heavy (non-hydrogen) atoms. The van der Waals surface area contributed by atoms with Gasteiger partial charge in [0, 0.05) is 72.0 Å². The molecule has 0 bridgehead atoms. The van der Waals surface area contributed by atoms with E-state index in [1.165, 1.54) is 0 Å². The molecule has 49 N–H and O–H groups in total. The fraction of sp³-hybridized carbons (Fsp3) is 0.656. The van der Waals surface area contributed by atoms with E-state index in [1.54, 1.807) is 0 Å². The van der Waals surface area contributed by atoms with Gasteiger partial charge >= 0.3 is 0 Å². The van der Waals surface area contributed by atoms with E-state index in [0.717, 1.165) is 0 Å². The number of carbonyl (C=O) groups excluding carboxylic acids is 12. The fourth-order valence-electron chi connectivity index (χ4n) is 10.2. The lowest BCUT2D eigenvalue weighted by atomic mass is 10.0. The molecule has 11 amide bonds. The Bertz CT molecular complexity index is 3150. The van der Waals surface area contributed by atoms with Crippen LogP contribution in [0, 0.1) is 48.7 Å². The lowest BCUT2D eigenvalue weighted by Gasteiger charge is -2.28. The van der Waals surface area contributed by atoms with Gasteiger partial charge in [-0.2, -0.15) is 0 Å². The van der Waals surface area contributed by atoms with Crippen molar-refractivity contribution >= 4 is 125 Å². The van der Waals surface area contributed by atoms with Gasteiger partial charge in [0.2, 0.25) is 65.4 Å². The molecule has 0 unspecified atom stereocenters. The normalized spacial score (nSPS) is 12.9. The molecule has 51 heteroatoms. The molecule has 0 aromatic carbocycles. The smallest absolute Gasteiger partial charge is 0.284 e. The van der Waals surface area contributed by atoms with Crippen molar-refractivity contribution in [3.63, 3.8) is 0 Å². The maximum Gasteiger partial charge on any atom is 0.284 e. The van der Waals surface area contributed by atoms with E-state index < -0.39 is 168 Å². The van der Waals surface area contributed by atoms with Gasteiger partial charge < -0.3 is 164 Å². The zero-order valence-corrected chi connectivity index (χ0v) is 62.9. The first-order valence-corrected chi connectivity index (χ1v) is 36.1. The Morgan fingerprint density at radius 1 is 0.232 bits per heavy atom. The lowest BCUT2D eigenvalue weighted by molar-refractivity contribution is -0.136. The lowest BCUT2D eigenvalue weighted by Crippen LogP contribution is -2.60. The van der Waals surface area contributed by atoms with Crippen LogP contribution in [0.4, 0.5) is 0 Å². The predicted octanol–water partition coefficient (Wildman–Crippen LogP) is -13.5. The summed E-state index contributed by atoms with van der Waals surface area (Å²) >= 11 is 0. The standard InChI is InChI=1S/C61H121N39O12/c62-33(11-1-20-83-53(63)64)44(104)93-35(13-3-22-85-55(67)68)46(106)95-37(15-5-24-87-57(71)72)48(108)97-39(17-7-26-89-59(75)76)50(110)99-41(19-9-28-91-61(79)80)52(112)100-40(18-8-27-90-60(77)78)51(111)98-38(16-6-25-88-58(73)74)49(109)96-36(14-4-23-86-56(69)70)47(107)94-34(12-2-21-84-54(65)66)45(105)92-31-42(102)81-29-10-30-82-43(103)32-101/h32-41H,1-31,62H2,(H,81,102)(H,82,103)(H,92,105)(H,93,104)(H,94,107)(H,95,106)(H,96,109)(H,97,108)(H,98,111)(H,99,110)(H,100,112)(H4,63,64,83)(H4,65,66,84)(H4,67,68,85)(H4,69,70,86)(H4,71,72,87)(H4,73,74,88)(H4,75,76,89)(H4,77,78,90)(H4,79,80,91)/t33-,34-,35-,36-,37-,38-,39-,40-,41-/m0/s1. The van der Waals surface area contributed by atoms with Gasteiger partial charge in [0.15, 0.2) is 53.6 Å². The van der Waals surface area contributed by atoms with Crippen LogP contribution in [-0.2, 0) is 57.5 Å². The minimum absolute atomic E-state index is 0.00498. The van der Waals surface area contributed by atoms with Gasteiger partial charge in [-0.15, -0.1) is 0 Å². The van der Waals surface area contributed by atoms with Crippen molar-refractivity contribution in [3.8, 4) is 0 Å². The van der Waals surface area contributed by atoms with Gasteiger partial charge in [0.25, 0.3) is 5.91 Å². The van der Waals surface area contributed by atoms with Crippen molar-refractivity contribution < 1.29 is 57.5 Å². The number of hydrogen-bond acceptors (Lipinski definition) is 22. The molecule has 0 aliphatic rings. The molecular weight excluding hydrogens is 1470 g/mol. The molecule has 0 saturated carbocycles. The Hall–Kier alpha value is -12.8. The van der Waals surface area contributed by atoms with Crippen molar-refractivity contribution in [2.24, 2.45) is 57.3 Å². The van der Waals surface area contributed by atoms with Crippen molar-refractivity contribution in [2.75, 3.05) is 78.5 Å². The highest BCUT2D eigenvalue weighted by atomic mass is 16.2. The monoisotopic (exact) mass is 1590 g/mol.